The van der Waals surface area contributed by atoms with Crippen LogP contribution in [0.3, 0.4) is 0 Å². The fourth-order valence-corrected chi connectivity index (χ4v) is 2.59. The smallest absolute Gasteiger partial charge is 0.315 e. The summed E-state index contributed by atoms with van der Waals surface area (Å²) in [6.07, 6.45) is 1.99. The van der Waals surface area contributed by atoms with Crippen LogP contribution in [0.1, 0.15) is 47.0 Å². The molecule has 6 heteroatoms. The van der Waals surface area contributed by atoms with Crippen LogP contribution in [0.4, 0.5) is 4.79 Å². The van der Waals surface area contributed by atoms with Crippen LogP contribution in [-0.4, -0.2) is 53.7 Å². The van der Waals surface area contributed by atoms with Crippen molar-refractivity contribution in [1.82, 2.24) is 15.5 Å². The summed E-state index contributed by atoms with van der Waals surface area (Å²) < 4.78 is 0. The van der Waals surface area contributed by atoms with Gasteiger partial charge >= 0.3 is 12.0 Å². The van der Waals surface area contributed by atoms with Gasteiger partial charge in [0.1, 0.15) is 0 Å². The number of carboxylic acids is 1. The number of carbonyl (C=O) groups excluding carboxylic acids is 1. The van der Waals surface area contributed by atoms with Crippen molar-refractivity contribution in [3.05, 3.63) is 0 Å². The molecule has 0 aromatic heterocycles. The monoisotopic (exact) mass is 299 g/mol. The molecule has 0 bridgehead atoms. The second-order valence-electron chi connectivity index (χ2n) is 6.87. The number of hydrogen-bond donors (Lipinski definition) is 3. The Morgan fingerprint density at radius 2 is 2.05 bits per heavy atom. The number of carboxylic acid groups (broad SMARTS) is 1. The van der Waals surface area contributed by atoms with Gasteiger partial charge in [0.25, 0.3) is 0 Å². The Labute approximate surface area is 127 Å². The number of piperidine rings is 1. The predicted octanol–water partition coefficient (Wildman–Crippen LogP) is 1.66. The van der Waals surface area contributed by atoms with Gasteiger partial charge in [-0.15, -0.1) is 0 Å². The van der Waals surface area contributed by atoms with Crippen LogP contribution in [0, 0.1) is 5.41 Å². The number of nitrogens with one attached hydrogen (secondary N) is 2. The summed E-state index contributed by atoms with van der Waals surface area (Å²) in [5.74, 6) is -0.898. The fourth-order valence-electron chi connectivity index (χ4n) is 2.59. The number of aliphatic carboxylic acids is 1. The summed E-state index contributed by atoms with van der Waals surface area (Å²) in [4.78, 5) is 25.4. The van der Waals surface area contributed by atoms with Crippen molar-refractivity contribution in [2.24, 2.45) is 5.41 Å². The highest BCUT2D eigenvalue weighted by molar-refractivity contribution is 5.76. The van der Waals surface area contributed by atoms with Crippen LogP contribution in [0.15, 0.2) is 0 Å². The third-order valence-corrected chi connectivity index (χ3v) is 4.02. The maximum absolute atomic E-state index is 12.1. The zero-order valence-corrected chi connectivity index (χ0v) is 13.6. The van der Waals surface area contributed by atoms with Crippen LogP contribution >= 0.6 is 0 Å². The molecule has 6 nitrogen and oxygen atoms in total. The number of amides is 2. The van der Waals surface area contributed by atoms with Gasteiger partial charge in [0.15, 0.2) is 0 Å². The van der Waals surface area contributed by atoms with Crippen LogP contribution in [0.2, 0.25) is 0 Å². The minimum atomic E-state index is -0.898. The molecule has 0 aliphatic carbocycles. The van der Waals surface area contributed by atoms with Gasteiger partial charge < -0.3 is 20.6 Å². The first kappa shape index (κ1) is 17.8. The van der Waals surface area contributed by atoms with Crippen molar-refractivity contribution in [2.45, 2.75) is 59.0 Å². The van der Waals surface area contributed by atoms with Gasteiger partial charge in [-0.05, 0) is 31.3 Å². The van der Waals surface area contributed by atoms with E-state index in [0.29, 0.717) is 0 Å². The van der Waals surface area contributed by atoms with E-state index >= 15 is 0 Å². The summed E-state index contributed by atoms with van der Waals surface area (Å²) in [6.45, 7) is 10.8. The highest BCUT2D eigenvalue weighted by Crippen LogP contribution is 2.21. The number of carbonyl (C=O) groups is 2. The van der Waals surface area contributed by atoms with Crippen molar-refractivity contribution in [2.75, 3.05) is 19.6 Å². The Balaban J connectivity index is 2.51. The van der Waals surface area contributed by atoms with Crippen LogP contribution in [-0.2, 0) is 4.79 Å². The highest BCUT2D eigenvalue weighted by atomic mass is 16.4. The van der Waals surface area contributed by atoms with Crippen LogP contribution in [0.5, 0.6) is 0 Å². The molecule has 1 rings (SSSR count). The van der Waals surface area contributed by atoms with E-state index in [-0.39, 0.29) is 30.0 Å². The lowest BCUT2D eigenvalue weighted by molar-refractivity contribution is -0.138. The zero-order chi connectivity index (χ0) is 16.0. The van der Waals surface area contributed by atoms with E-state index in [9.17, 15) is 9.59 Å². The minimum Gasteiger partial charge on any atom is -0.481 e. The summed E-state index contributed by atoms with van der Waals surface area (Å²) in [6, 6.07) is -0.510. The Hall–Kier alpha value is -1.30. The van der Waals surface area contributed by atoms with Crippen molar-refractivity contribution >= 4 is 12.0 Å². The van der Waals surface area contributed by atoms with Crippen LogP contribution in [0.25, 0.3) is 0 Å². The average molecular weight is 299 g/mol. The van der Waals surface area contributed by atoms with Crippen molar-refractivity contribution in [1.29, 1.82) is 0 Å². The molecule has 0 spiro atoms. The lowest BCUT2D eigenvalue weighted by Gasteiger charge is -2.34. The molecule has 0 radical (unpaired) electrons. The maximum atomic E-state index is 12.1. The molecule has 21 heavy (non-hydrogen) atoms. The van der Waals surface area contributed by atoms with E-state index in [2.05, 4.69) is 22.5 Å². The second kappa shape index (κ2) is 7.64. The number of rotatable bonds is 5. The Kier molecular flexibility index (Phi) is 6.45. The first-order valence-electron chi connectivity index (χ1n) is 7.73. The SMILES string of the molecule is CCN1CCCC(NC(=O)NC(CC(=O)O)C(C)(C)C)C1. The van der Waals surface area contributed by atoms with Gasteiger partial charge in [-0.2, -0.15) is 0 Å². The fraction of sp³-hybridized carbons (Fsp3) is 0.867. The predicted molar refractivity (Wildman–Crippen MR) is 82.3 cm³/mol. The first-order chi connectivity index (χ1) is 9.72. The number of urea groups is 1. The Morgan fingerprint density at radius 3 is 2.57 bits per heavy atom. The Morgan fingerprint density at radius 1 is 1.38 bits per heavy atom. The topological polar surface area (TPSA) is 81.7 Å². The molecule has 1 aliphatic rings. The standard InChI is InChI=1S/C15H29N3O3/c1-5-18-8-6-7-11(10-18)16-14(21)17-12(9-13(19)20)15(2,3)4/h11-12H,5-10H2,1-4H3,(H,19,20)(H2,16,17,21). The molecule has 1 fully saturated rings. The summed E-state index contributed by atoms with van der Waals surface area (Å²) in [5.41, 5.74) is -0.294. The molecule has 1 heterocycles. The molecule has 0 saturated carbocycles. The zero-order valence-electron chi connectivity index (χ0n) is 13.6. The van der Waals surface area contributed by atoms with Crippen molar-refractivity contribution < 1.29 is 14.7 Å². The van der Waals surface area contributed by atoms with E-state index in [1.54, 1.807) is 0 Å². The molecular weight excluding hydrogens is 270 g/mol. The van der Waals surface area contributed by atoms with E-state index in [0.717, 1.165) is 32.5 Å². The quantitative estimate of drug-likeness (QED) is 0.721. The largest absolute Gasteiger partial charge is 0.481 e. The number of hydrogen-bond acceptors (Lipinski definition) is 3. The minimum absolute atomic E-state index is 0.0668. The normalized spacial score (nSPS) is 21.6. The lowest BCUT2D eigenvalue weighted by Crippen LogP contribution is -2.54. The molecule has 0 aromatic rings. The summed E-state index contributed by atoms with van der Waals surface area (Å²) in [5, 5.41) is 14.8. The van der Waals surface area contributed by atoms with Crippen molar-refractivity contribution in [3.8, 4) is 0 Å². The second-order valence-corrected chi connectivity index (χ2v) is 6.87. The molecule has 1 aliphatic heterocycles. The highest BCUT2D eigenvalue weighted by Gasteiger charge is 2.29. The van der Waals surface area contributed by atoms with Crippen LogP contribution < -0.4 is 10.6 Å². The Bertz CT molecular complexity index is 366. The molecular formula is C15H29N3O3. The first-order valence-corrected chi connectivity index (χ1v) is 7.73. The van der Waals surface area contributed by atoms with E-state index in [1.807, 2.05) is 20.8 Å². The van der Waals surface area contributed by atoms with E-state index < -0.39 is 5.97 Å². The van der Waals surface area contributed by atoms with Gasteiger partial charge in [0.2, 0.25) is 0 Å². The molecule has 2 unspecified atom stereocenters. The van der Waals surface area contributed by atoms with E-state index in [1.165, 1.54) is 0 Å². The molecule has 2 atom stereocenters. The van der Waals surface area contributed by atoms with Gasteiger partial charge in [-0.25, -0.2) is 4.79 Å². The summed E-state index contributed by atoms with van der Waals surface area (Å²) >= 11 is 0. The van der Waals surface area contributed by atoms with Crippen molar-refractivity contribution in [3.63, 3.8) is 0 Å². The lowest BCUT2D eigenvalue weighted by atomic mass is 9.85. The van der Waals surface area contributed by atoms with Gasteiger partial charge in [0.05, 0.1) is 6.42 Å². The van der Waals surface area contributed by atoms with Gasteiger partial charge in [-0.3, -0.25) is 4.79 Å². The third-order valence-electron chi connectivity index (χ3n) is 4.02. The average Bonchev–Trinajstić information content (AvgIpc) is 2.36. The molecule has 1 saturated heterocycles. The maximum Gasteiger partial charge on any atom is 0.315 e. The number of likely N-dealkylation sites (tertiary alicyclic amines) is 1. The molecule has 122 valence electrons. The van der Waals surface area contributed by atoms with E-state index in [4.69, 9.17) is 5.11 Å². The third kappa shape index (κ3) is 6.33. The molecule has 0 aromatic carbocycles. The number of nitrogens with zero attached hydrogens (tertiary/aromatic N) is 1. The number of likely N-dealkylation sites (N-methyl/N-ethyl adjacent to an activating group) is 1. The summed E-state index contributed by atoms with van der Waals surface area (Å²) in [7, 11) is 0. The molecule has 3 N–H and O–H groups in total. The molecule has 2 amide bonds. The van der Waals surface area contributed by atoms with Gasteiger partial charge in [-0.1, -0.05) is 27.7 Å². The van der Waals surface area contributed by atoms with Gasteiger partial charge in [0, 0.05) is 18.6 Å².